The Bertz CT molecular complexity index is 2730. The lowest BCUT2D eigenvalue weighted by molar-refractivity contribution is 0.411. The maximum atomic E-state index is 6.61. The number of nitrogens with zero attached hydrogens (tertiary/aromatic N) is 1. The number of para-hydroxylation sites is 1. The molecule has 0 saturated carbocycles. The van der Waals surface area contributed by atoms with Gasteiger partial charge in [0.2, 0.25) is 0 Å². The molecule has 3 heterocycles. The summed E-state index contributed by atoms with van der Waals surface area (Å²) in [7, 11) is 0. The Labute approximate surface area is 293 Å². The smallest absolute Gasteiger partial charge is 0.144 e. The highest BCUT2D eigenvalue weighted by atomic mass is 32.1. The number of hydrogen-bond acceptors (Lipinski definition) is 5. The van der Waals surface area contributed by atoms with E-state index in [4.69, 9.17) is 9.41 Å². The first-order valence-corrected chi connectivity index (χ1v) is 17.8. The molecule has 1 aliphatic rings. The normalized spacial score (nSPS) is 16.2. The van der Waals surface area contributed by atoms with Crippen LogP contribution in [-0.2, 0) is 0 Å². The van der Waals surface area contributed by atoms with E-state index in [2.05, 4.69) is 168 Å². The minimum absolute atomic E-state index is 0.234. The quantitative estimate of drug-likeness (QED) is 0.193. The van der Waals surface area contributed by atoms with Crippen LogP contribution in [0.2, 0.25) is 0 Å². The van der Waals surface area contributed by atoms with E-state index < -0.39 is 0 Å². The van der Waals surface area contributed by atoms with Crippen LogP contribution >= 0.6 is 11.3 Å². The first-order chi connectivity index (χ1) is 24.8. The SMILES string of the molecule is c1ccc(-c2cccc(C3=NC(c4cccc(-c5ccccc5)c4)NC(c4cc5c6ccccc6oc5c5c4sc4ccccc45)N3)c2)cc1. The molecule has 0 bridgehead atoms. The van der Waals surface area contributed by atoms with E-state index in [0.717, 1.165) is 49.9 Å². The lowest BCUT2D eigenvalue weighted by atomic mass is 9.99. The second kappa shape index (κ2) is 11.8. The third kappa shape index (κ3) is 4.90. The zero-order chi connectivity index (χ0) is 33.0. The first-order valence-electron chi connectivity index (χ1n) is 16.9. The van der Waals surface area contributed by atoms with E-state index in [1.165, 1.54) is 37.0 Å². The number of aliphatic imine (C=N–C) groups is 1. The highest BCUT2D eigenvalue weighted by Gasteiger charge is 2.29. The molecular formula is C45H31N3OS. The molecule has 2 atom stereocenters. The Morgan fingerprint density at radius 3 is 1.98 bits per heavy atom. The monoisotopic (exact) mass is 661 g/mol. The van der Waals surface area contributed by atoms with Crippen LogP contribution in [0.25, 0.3) is 64.4 Å². The topological polar surface area (TPSA) is 49.6 Å². The van der Waals surface area contributed by atoms with Crippen LogP contribution < -0.4 is 10.6 Å². The molecule has 10 rings (SSSR count). The number of furan rings is 1. The molecule has 2 unspecified atom stereocenters. The molecule has 0 fully saturated rings. The van der Waals surface area contributed by atoms with E-state index in [1.54, 1.807) is 0 Å². The predicted molar refractivity (Wildman–Crippen MR) is 209 cm³/mol. The van der Waals surface area contributed by atoms with Crippen molar-refractivity contribution in [1.29, 1.82) is 0 Å². The molecule has 5 heteroatoms. The minimum atomic E-state index is -0.290. The number of rotatable bonds is 5. The van der Waals surface area contributed by atoms with Gasteiger partial charge in [-0.1, -0.05) is 133 Å². The molecular weight excluding hydrogens is 631 g/mol. The van der Waals surface area contributed by atoms with Crippen LogP contribution in [0.15, 0.2) is 173 Å². The van der Waals surface area contributed by atoms with Crippen molar-refractivity contribution in [2.75, 3.05) is 0 Å². The van der Waals surface area contributed by atoms with E-state index >= 15 is 0 Å². The maximum absolute atomic E-state index is 6.61. The van der Waals surface area contributed by atoms with Crippen LogP contribution in [-0.4, -0.2) is 5.84 Å². The van der Waals surface area contributed by atoms with Gasteiger partial charge in [-0.05, 0) is 58.1 Å². The standard InChI is InChI=1S/C45H31N3OS/c1-3-13-28(14-4-1)30-17-11-19-32(25-30)43-46-44(33-20-12-18-31(26-33)29-15-5-2-6-16-29)48-45(47-43)37-27-36-34-21-7-9-23-38(34)49-41(36)40-35-22-8-10-24-39(35)50-42(37)40/h1-27,43,45,47H,(H,46,48). The highest BCUT2D eigenvalue weighted by molar-refractivity contribution is 7.26. The van der Waals surface area contributed by atoms with Gasteiger partial charge in [0.1, 0.15) is 29.3 Å². The number of amidine groups is 1. The van der Waals surface area contributed by atoms with Crippen LogP contribution in [0.4, 0.5) is 0 Å². The van der Waals surface area contributed by atoms with E-state index in [0.29, 0.717) is 0 Å². The fourth-order valence-corrected chi connectivity index (χ4v) is 8.58. The molecule has 9 aromatic rings. The zero-order valence-electron chi connectivity index (χ0n) is 27.0. The van der Waals surface area contributed by atoms with Crippen LogP contribution in [0.1, 0.15) is 29.0 Å². The fraction of sp³-hybridized carbons (Fsp3) is 0.0444. The summed E-state index contributed by atoms with van der Waals surface area (Å²) in [5, 5.41) is 12.4. The van der Waals surface area contributed by atoms with Gasteiger partial charge in [-0.25, -0.2) is 4.99 Å². The van der Waals surface area contributed by atoms with Gasteiger partial charge >= 0.3 is 0 Å². The molecule has 50 heavy (non-hydrogen) atoms. The van der Waals surface area contributed by atoms with Crippen molar-refractivity contribution in [2.24, 2.45) is 4.99 Å². The Morgan fingerprint density at radius 1 is 0.540 bits per heavy atom. The van der Waals surface area contributed by atoms with Gasteiger partial charge < -0.3 is 9.73 Å². The lowest BCUT2D eigenvalue weighted by Gasteiger charge is -2.32. The summed E-state index contributed by atoms with van der Waals surface area (Å²) >= 11 is 1.82. The molecule has 1 aliphatic heterocycles. The summed E-state index contributed by atoms with van der Waals surface area (Å²) in [4.78, 5) is 5.37. The summed E-state index contributed by atoms with van der Waals surface area (Å²) in [6.45, 7) is 0. The van der Waals surface area contributed by atoms with Gasteiger partial charge in [-0.2, -0.15) is 0 Å². The van der Waals surface area contributed by atoms with E-state index in [9.17, 15) is 0 Å². The van der Waals surface area contributed by atoms with Crippen molar-refractivity contribution in [3.05, 3.63) is 180 Å². The third-order valence-electron chi connectivity index (χ3n) is 9.75. The molecule has 7 aromatic carbocycles. The van der Waals surface area contributed by atoms with Crippen molar-refractivity contribution in [3.8, 4) is 22.3 Å². The average molecular weight is 662 g/mol. The summed E-state index contributed by atoms with van der Waals surface area (Å²) in [6.07, 6.45) is -0.525. The largest absolute Gasteiger partial charge is 0.455 e. The van der Waals surface area contributed by atoms with Gasteiger partial charge in [0.15, 0.2) is 0 Å². The summed E-state index contributed by atoms with van der Waals surface area (Å²) in [5.74, 6) is 0.855. The van der Waals surface area contributed by atoms with Crippen LogP contribution in [0, 0.1) is 0 Å². The maximum Gasteiger partial charge on any atom is 0.144 e. The van der Waals surface area contributed by atoms with Crippen LogP contribution in [0.5, 0.6) is 0 Å². The van der Waals surface area contributed by atoms with Crippen molar-refractivity contribution < 1.29 is 4.42 Å². The molecule has 0 spiro atoms. The van der Waals surface area contributed by atoms with Gasteiger partial charge in [0.25, 0.3) is 0 Å². The summed E-state index contributed by atoms with van der Waals surface area (Å²) in [6, 6.07) is 57.8. The third-order valence-corrected chi connectivity index (χ3v) is 11.0. The second-order valence-corrected chi connectivity index (χ2v) is 13.9. The van der Waals surface area contributed by atoms with Gasteiger partial charge in [0.05, 0.1) is 0 Å². The number of hydrogen-bond donors (Lipinski definition) is 2. The molecule has 0 amide bonds. The molecule has 238 valence electrons. The summed E-state index contributed by atoms with van der Waals surface area (Å²) in [5.41, 5.74) is 9.86. The molecule has 0 saturated heterocycles. The molecule has 2 N–H and O–H groups in total. The molecule has 2 aromatic heterocycles. The zero-order valence-corrected chi connectivity index (χ0v) is 27.8. The fourth-order valence-electron chi connectivity index (χ4n) is 7.34. The number of fused-ring (bicyclic) bond motifs is 7. The predicted octanol–water partition coefficient (Wildman–Crippen LogP) is 11.6. The Balaban J connectivity index is 1.17. The Kier molecular flexibility index (Phi) is 6.86. The number of benzene rings is 7. The van der Waals surface area contributed by atoms with Gasteiger partial charge in [-0.15, -0.1) is 11.3 Å². The number of nitrogens with one attached hydrogen (secondary N) is 2. The van der Waals surface area contributed by atoms with E-state index in [1.807, 2.05) is 17.4 Å². The first kappa shape index (κ1) is 29.0. The minimum Gasteiger partial charge on any atom is -0.455 e. The van der Waals surface area contributed by atoms with Gasteiger partial charge in [-0.3, -0.25) is 5.32 Å². The Morgan fingerprint density at radius 2 is 1.18 bits per heavy atom. The average Bonchev–Trinajstić information content (AvgIpc) is 3.77. The van der Waals surface area contributed by atoms with Crippen molar-refractivity contribution in [2.45, 2.75) is 12.3 Å². The Hall–Kier alpha value is -6.01. The number of thiophene rings is 1. The van der Waals surface area contributed by atoms with Crippen molar-refractivity contribution >= 4 is 59.3 Å². The molecule has 0 radical (unpaired) electrons. The van der Waals surface area contributed by atoms with Crippen molar-refractivity contribution in [1.82, 2.24) is 10.6 Å². The van der Waals surface area contributed by atoms with E-state index in [-0.39, 0.29) is 12.3 Å². The van der Waals surface area contributed by atoms with Crippen molar-refractivity contribution in [3.63, 3.8) is 0 Å². The lowest BCUT2D eigenvalue weighted by Crippen LogP contribution is -2.45. The van der Waals surface area contributed by atoms with Crippen LogP contribution in [0.3, 0.4) is 0 Å². The highest BCUT2D eigenvalue weighted by Crippen LogP contribution is 2.45. The summed E-state index contributed by atoms with van der Waals surface area (Å²) < 4.78 is 9.06. The molecule has 0 aliphatic carbocycles. The van der Waals surface area contributed by atoms with Gasteiger partial charge in [0, 0.05) is 42.1 Å². The molecule has 4 nitrogen and oxygen atoms in total. The second-order valence-electron chi connectivity index (χ2n) is 12.8.